The molecule has 188 valence electrons. The van der Waals surface area contributed by atoms with Crippen molar-refractivity contribution in [3.05, 3.63) is 0 Å². The van der Waals surface area contributed by atoms with Gasteiger partial charge in [-0.25, -0.2) is 4.79 Å². The quantitative estimate of drug-likeness (QED) is 0.140. The molecule has 0 aromatic rings. The molecule has 4 heteroatoms. The van der Waals surface area contributed by atoms with Gasteiger partial charge in [-0.2, -0.15) is 0 Å². The summed E-state index contributed by atoms with van der Waals surface area (Å²) in [6, 6.07) is -0.346. The Labute approximate surface area is 199 Å². The van der Waals surface area contributed by atoms with Crippen LogP contribution in [-0.2, 0) is 14.3 Å². The third-order valence-electron chi connectivity index (χ3n) is 6.96. The molecular weight excluding hydrogens is 398 g/mol. The average Bonchev–Trinajstić information content (AvgIpc) is 3.29. The predicted molar refractivity (Wildman–Crippen MR) is 135 cm³/mol. The Bertz CT molecular complexity index is 479. The van der Waals surface area contributed by atoms with Gasteiger partial charge in [0.25, 0.3) is 0 Å². The van der Waals surface area contributed by atoms with E-state index in [1.165, 1.54) is 70.6 Å². The Morgan fingerprint density at radius 3 is 1.84 bits per heavy atom. The number of carbonyl (C=O) groups is 2. The Kier molecular flexibility index (Phi) is 17.6. The average molecular weight is 452 g/mol. The van der Waals surface area contributed by atoms with Crippen molar-refractivity contribution < 1.29 is 14.3 Å². The molecule has 0 saturated carbocycles. The maximum atomic E-state index is 13.5. The minimum Gasteiger partial charge on any atom is -0.464 e. The second-order valence-corrected chi connectivity index (χ2v) is 9.87. The van der Waals surface area contributed by atoms with Crippen LogP contribution in [0.5, 0.6) is 0 Å². The molecule has 1 saturated heterocycles. The van der Waals surface area contributed by atoms with Crippen molar-refractivity contribution in [2.24, 2.45) is 5.92 Å². The van der Waals surface area contributed by atoms with Crippen LogP contribution in [-0.4, -0.2) is 36.0 Å². The molecule has 0 spiro atoms. The number of hydrogen-bond donors (Lipinski definition) is 0. The first-order valence-electron chi connectivity index (χ1n) is 14.1. The third kappa shape index (κ3) is 12.3. The van der Waals surface area contributed by atoms with Crippen LogP contribution in [0.15, 0.2) is 0 Å². The number of ether oxygens (including phenoxy) is 1. The lowest BCUT2D eigenvalue weighted by atomic mass is 9.92. The first kappa shape index (κ1) is 29.0. The van der Waals surface area contributed by atoms with Gasteiger partial charge in [-0.1, -0.05) is 111 Å². The molecule has 32 heavy (non-hydrogen) atoms. The lowest BCUT2D eigenvalue weighted by molar-refractivity contribution is -0.155. The van der Waals surface area contributed by atoms with Crippen molar-refractivity contribution in [1.82, 2.24) is 4.90 Å². The number of amides is 1. The largest absolute Gasteiger partial charge is 0.464 e. The van der Waals surface area contributed by atoms with Gasteiger partial charge >= 0.3 is 5.97 Å². The van der Waals surface area contributed by atoms with E-state index in [4.69, 9.17) is 4.74 Å². The van der Waals surface area contributed by atoms with E-state index in [-0.39, 0.29) is 23.8 Å². The molecule has 1 aliphatic heterocycles. The molecule has 0 aromatic heterocycles. The monoisotopic (exact) mass is 451 g/mol. The number of esters is 1. The zero-order chi connectivity index (χ0) is 23.4. The summed E-state index contributed by atoms with van der Waals surface area (Å²) in [6.45, 7) is 7.89. The molecule has 2 atom stereocenters. The summed E-state index contributed by atoms with van der Waals surface area (Å²) < 4.78 is 5.58. The molecule has 0 bridgehead atoms. The van der Waals surface area contributed by atoms with Gasteiger partial charge in [0.2, 0.25) is 5.91 Å². The second-order valence-electron chi connectivity index (χ2n) is 9.87. The van der Waals surface area contributed by atoms with Crippen LogP contribution < -0.4 is 0 Å². The van der Waals surface area contributed by atoms with Crippen LogP contribution >= 0.6 is 0 Å². The summed E-state index contributed by atoms with van der Waals surface area (Å²) in [4.78, 5) is 28.0. The molecule has 2 unspecified atom stereocenters. The van der Waals surface area contributed by atoms with Crippen molar-refractivity contribution in [3.63, 3.8) is 0 Å². The van der Waals surface area contributed by atoms with E-state index in [2.05, 4.69) is 20.8 Å². The van der Waals surface area contributed by atoms with Gasteiger partial charge < -0.3 is 9.64 Å². The van der Waals surface area contributed by atoms with Gasteiger partial charge in [-0.05, 0) is 32.1 Å². The fourth-order valence-electron chi connectivity index (χ4n) is 4.86. The van der Waals surface area contributed by atoms with Crippen molar-refractivity contribution in [1.29, 1.82) is 0 Å². The Balaban J connectivity index is 2.52. The van der Waals surface area contributed by atoms with Gasteiger partial charge in [0.05, 0.1) is 6.61 Å². The third-order valence-corrected chi connectivity index (χ3v) is 6.96. The van der Waals surface area contributed by atoms with E-state index in [9.17, 15) is 9.59 Å². The summed E-state index contributed by atoms with van der Waals surface area (Å²) in [5.74, 6) is 0.133. The maximum Gasteiger partial charge on any atom is 0.328 e. The minimum atomic E-state index is -0.346. The van der Waals surface area contributed by atoms with E-state index in [0.717, 1.165) is 57.9 Å². The van der Waals surface area contributed by atoms with Gasteiger partial charge in [-0.15, -0.1) is 0 Å². The van der Waals surface area contributed by atoms with Crippen LogP contribution in [0, 0.1) is 5.92 Å². The van der Waals surface area contributed by atoms with Crippen molar-refractivity contribution in [3.8, 4) is 0 Å². The Morgan fingerprint density at radius 2 is 1.25 bits per heavy atom. The van der Waals surface area contributed by atoms with Gasteiger partial charge in [0, 0.05) is 12.5 Å². The lowest BCUT2D eigenvalue weighted by Gasteiger charge is -2.28. The molecule has 1 fully saturated rings. The highest BCUT2D eigenvalue weighted by Crippen LogP contribution is 2.27. The van der Waals surface area contributed by atoms with Crippen molar-refractivity contribution in [2.45, 2.75) is 149 Å². The molecule has 1 rings (SSSR count). The van der Waals surface area contributed by atoms with E-state index >= 15 is 0 Å². The van der Waals surface area contributed by atoms with E-state index in [1.54, 1.807) is 0 Å². The number of rotatable bonds is 20. The summed E-state index contributed by atoms with van der Waals surface area (Å²) >= 11 is 0. The SMILES string of the molecule is CCCCCCCCC(CCCCCC)C(=O)N1CCCC1C(=O)OCCCCCCC. The van der Waals surface area contributed by atoms with Crippen LogP contribution in [0.4, 0.5) is 0 Å². The number of nitrogens with zero attached hydrogens (tertiary/aromatic N) is 1. The molecule has 0 radical (unpaired) electrons. The molecule has 0 aromatic carbocycles. The van der Waals surface area contributed by atoms with Gasteiger partial charge in [0.15, 0.2) is 0 Å². The highest BCUT2D eigenvalue weighted by molar-refractivity contribution is 5.86. The van der Waals surface area contributed by atoms with Crippen molar-refractivity contribution in [2.75, 3.05) is 13.2 Å². The number of carbonyl (C=O) groups excluding carboxylic acids is 2. The zero-order valence-electron chi connectivity index (χ0n) is 21.7. The molecule has 1 aliphatic rings. The Morgan fingerprint density at radius 1 is 0.750 bits per heavy atom. The molecular formula is C28H53NO3. The predicted octanol–water partition coefficient (Wildman–Crippen LogP) is 7.83. The molecule has 1 heterocycles. The first-order chi connectivity index (χ1) is 15.7. The normalized spacial score (nSPS) is 17.0. The fraction of sp³-hybridized carbons (Fsp3) is 0.929. The standard InChI is InChI=1S/C28H53NO3/c1-4-7-10-13-14-17-21-25(20-16-12-9-6-3)27(30)29-23-19-22-26(29)28(31)32-24-18-15-11-8-5-2/h25-26H,4-24H2,1-3H3. The van der Waals surface area contributed by atoms with Crippen LogP contribution in [0.3, 0.4) is 0 Å². The number of hydrogen-bond acceptors (Lipinski definition) is 3. The van der Waals surface area contributed by atoms with Crippen LogP contribution in [0.25, 0.3) is 0 Å². The summed E-state index contributed by atoms with van der Waals surface area (Å²) in [6.07, 6.45) is 21.7. The molecule has 1 amide bonds. The number of likely N-dealkylation sites (tertiary alicyclic amines) is 1. The van der Waals surface area contributed by atoms with Crippen molar-refractivity contribution >= 4 is 11.9 Å². The van der Waals surface area contributed by atoms with Crippen LogP contribution in [0.2, 0.25) is 0 Å². The molecule has 0 aliphatic carbocycles. The topological polar surface area (TPSA) is 46.6 Å². The zero-order valence-corrected chi connectivity index (χ0v) is 21.7. The van der Waals surface area contributed by atoms with E-state index < -0.39 is 0 Å². The summed E-state index contributed by atoms with van der Waals surface area (Å²) in [5.41, 5.74) is 0. The minimum absolute atomic E-state index is 0.0838. The van der Waals surface area contributed by atoms with Gasteiger partial charge in [-0.3, -0.25) is 4.79 Å². The summed E-state index contributed by atoms with van der Waals surface area (Å²) in [5, 5.41) is 0. The second kappa shape index (κ2) is 19.4. The van der Waals surface area contributed by atoms with E-state index in [0.29, 0.717) is 6.61 Å². The van der Waals surface area contributed by atoms with E-state index in [1.807, 2.05) is 4.90 Å². The smallest absolute Gasteiger partial charge is 0.328 e. The van der Waals surface area contributed by atoms with Gasteiger partial charge in [0.1, 0.15) is 6.04 Å². The highest BCUT2D eigenvalue weighted by Gasteiger charge is 2.37. The molecule has 0 N–H and O–H groups in total. The first-order valence-corrected chi connectivity index (χ1v) is 14.1. The number of unbranched alkanes of at least 4 members (excludes halogenated alkanes) is 12. The Hall–Kier alpha value is -1.06. The van der Waals surface area contributed by atoms with Crippen LogP contribution in [0.1, 0.15) is 143 Å². The maximum absolute atomic E-state index is 13.5. The molecule has 4 nitrogen and oxygen atoms in total. The lowest BCUT2D eigenvalue weighted by Crippen LogP contribution is -2.44. The highest BCUT2D eigenvalue weighted by atomic mass is 16.5. The fourth-order valence-corrected chi connectivity index (χ4v) is 4.86. The summed E-state index contributed by atoms with van der Waals surface area (Å²) in [7, 11) is 0.